The number of carbonyl (C=O) groups excluding carboxylic acids is 1. The van der Waals surface area contributed by atoms with Gasteiger partial charge in [-0.2, -0.15) is 0 Å². The number of ether oxygens (including phenoxy) is 1. The molecule has 0 heterocycles. The van der Waals surface area contributed by atoms with Crippen molar-refractivity contribution >= 4 is 27.4 Å². The molecule has 2 rings (SSSR count). The van der Waals surface area contributed by atoms with Crippen molar-refractivity contribution in [3.8, 4) is 5.75 Å². The fourth-order valence-electron chi connectivity index (χ4n) is 1.47. The average Bonchev–Trinajstić information content (AvgIpc) is 2.37. The maximum Gasteiger partial charge on any atom is 0.200 e. The van der Waals surface area contributed by atoms with E-state index in [9.17, 15) is 4.79 Å². The van der Waals surface area contributed by atoms with Crippen LogP contribution in [0.5, 0.6) is 5.75 Å². The quantitative estimate of drug-likeness (QED) is 0.696. The molecule has 2 aromatic carbocycles. The molecule has 0 aliphatic heterocycles. The fourth-order valence-corrected chi connectivity index (χ4v) is 1.74. The number of nitrogens with two attached hydrogens (primary N) is 1. The average molecular weight is 306 g/mol. The monoisotopic (exact) mass is 305 g/mol. The van der Waals surface area contributed by atoms with Gasteiger partial charge in [0.05, 0.1) is 0 Å². The predicted molar refractivity (Wildman–Crippen MR) is 74.8 cm³/mol. The van der Waals surface area contributed by atoms with Crippen LogP contribution in [-0.2, 0) is 0 Å². The standard InChI is InChI=1S/C14H12BrNO2/c15-11-6-4-10(5-7-11)14(17)9-18-13-3-1-2-12(16)8-13/h1-8H,9,16H2. The summed E-state index contributed by atoms with van der Waals surface area (Å²) in [5, 5.41) is 0. The molecule has 0 fully saturated rings. The van der Waals surface area contributed by atoms with E-state index < -0.39 is 0 Å². The van der Waals surface area contributed by atoms with Gasteiger partial charge in [0, 0.05) is 21.8 Å². The van der Waals surface area contributed by atoms with Crippen molar-refractivity contribution < 1.29 is 9.53 Å². The largest absolute Gasteiger partial charge is 0.485 e. The van der Waals surface area contributed by atoms with Gasteiger partial charge in [-0.3, -0.25) is 4.79 Å². The minimum Gasteiger partial charge on any atom is -0.485 e. The number of Topliss-reactive ketones (excluding diaryl/α,β-unsaturated/α-hetero) is 1. The number of ketones is 1. The van der Waals surface area contributed by atoms with Gasteiger partial charge in [0.25, 0.3) is 0 Å². The highest BCUT2D eigenvalue weighted by Crippen LogP contribution is 2.15. The van der Waals surface area contributed by atoms with Gasteiger partial charge in [0.1, 0.15) is 5.75 Å². The minimum absolute atomic E-state index is 0.00505. The number of hydrogen-bond acceptors (Lipinski definition) is 3. The Bertz CT molecular complexity index is 552. The predicted octanol–water partition coefficient (Wildman–Crippen LogP) is 3.29. The Labute approximate surface area is 114 Å². The van der Waals surface area contributed by atoms with Crippen molar-refractivity contribution in [2.75, 3.05) is 12.3 Å². The molecule has 0 aliphatic rings. The molecule has 3 nitrogen and oxygen atoms in total. The lowest BCUT2D eigenvalue weighted by atomic mass is 10.1. The Morgan fingerprint density at radius 2 is 1.89 bits per heavy atom. The van der Waals surface area contributed by atoms with E-state index in [0.29, 0.717) is 17.0 Å². The molecule has 2 aromatic rings. The maximum atomic E-state index is 11.8. The van der Waals surface area contributed by atoms with E-state index in [2.05, 4.69) is 15.9 Å². The first-order valence-corrected chi connectivity index (χ1v) is 6.21. The van der Waals surface area contributed by atoms with Crippen molar-refractivity contribution in [2.45, 2.75) is 0 Å². The van der Waals surface area contributed by atoms with Gasteiger partial charge < -0.3 is 10.5 Å². The maximum absolute atomic E-state index is 11.8. The summed E-state index contributed by atoms with van der Waals surface area (Å²) in [5.74, 6) is 0.533. The molecule has 0 saturated carbocycles. The summed E-state index contributed by atoms with van der Waals surface area (Å²) in [4.78, 5) is 11.8. The number of carbonyl (C=O) groups is 1. The first kappa shape index (κ1) is 12.6. The highest BCUT2D eigenvalue weighted by Gasteiger charge is 2.06. The highest BCUT2D eigenvalue weighted by molar-refractivity contribution is 9.10. The lowest BCUT2D eigenvalue weighted by Crippen LogP contribution is -2.11. The van der Waals surface area contributed by atoms with Crippen LogP contribution in [0.1, 0.15) is 10.4 Å². The Hall–Kier alpha value is -1.81. The molecule has 0 saturated heterocycles. The summed E-state index contributed by atoms with van der Waals surface area (Å²) in [5.41, 5.74) is 6.86. The second kappa shape index (κ2) is 5.69. The van der Waals surface area contributed by atoms with Crippen molar-refractivity contribution in [1.29, 1.82) is 0 Å². The second-order valence-electron chi connectivity index (χ2n) is 3.79. The molecule has 0 unspecified atom stereocenters. The van der Waals surface area contributed by atoms with Crippen LogP contribution >= 0.6 is 15.9 Å². The lowest BCUT2D eigenvalue weighted by molar-refractivity contribution is 0.0921. The van der Waals surface area contributed by atoms with Crippen LogP contribution in [-0.4, -0.2) is 12.4 Å². The summed E-state index contributed by atoms with van der Waals surface area (Å²) in [6, 6.07) is 14.2. The number of nitrogen functional groups attached to an aromatic ring is 1. The molecule has 92 valence electrons. The molecule has 0 spiro atoms. The smallest absolute Gasteiger partial charge is 0.200 e. The molecule has 0 atom stereocenters. The number of rotatable bonds is 4. The highest BCUT2D eigenvalue weighted by atomic mass is 79.9. The summed E-state index contributed by atoms with van der Waals surface area (Å²) < 4.78 is 6.33. The van der Waals surface area contributed by atoms with Crippen molar-refractivity contribution in [1.82, 2.24) is 0 Å². The van der Waals surface area contributed by atoms with Crippen LogP contribution in [0.2, 0.25) is 0 Å². The van der Waals surface area contributed by atoms with Gasteiger partial charge in [-0.1, -0.05) is 34.1 Å². The van der Waals surface area contributed by atoms with Crippen molar-refractivity contribution in [3.05, 3.63) is 58.6 Å². The van der Waals surface area contributed by atoms with E-state index in [1.165, 1.54) is 0 Å². The molecule has 2 N–H and O–H groups in total. The molecule has 0 aromatic heterocycles. The molecule has 0 amide bonds. The van der Waals surface area contributed by atoms with Crippen molar-refractivity contribution in [2.24, 2.45) is 0 Å². The second-order valence-corrected chi connectivity index (χ2v) is 4.71. The zero-order chi connectivity index (χ0) is 13.0. The Balaban J connectivity index is 1.98. The zero-order valence-corrected chi connectivity index (χ0v) is 11.2. The lowest BCUT2D eigenvalue weighted by Gasteiger charge is -2.06. The van der Waals surface area contributed by atoms with E-state index in [0.717, 1.165) is 4.47 Å². The third kappa shape index (κ3) is 3.34. The fraction of sp³-hybridized carbons (Fsp3) is 0.0714. The first-order valence-electron chi connectivity index (χ1n) is 5.42. The zero-order valence-electron chi connectivity index (χ0n) is 9.60. The topological polar surface area (TPSA) is 52.3 Å². The molecule has 18 heavy (non-hydrogen) atoms. The van der Waals surface area contributed by atoms with Crippen LogP contribution in [0, 0.1) is 0 Å². The minimum atomic E-state index is -0.0649. The number of halogens is 1. The van der Waals surface area contributed by atoms with E-state index in [1.54, 1.807) is 36.4 Å². The summed E-state index contributed by atoms with van der Waals surface area (Å²) >= 11 is 3.32. The Morgan fingerprint density at radius 1 is 1.17 bits per heavy atom. The number of anilines is 1. The van der Waals surface area contributed by atoms with Crippen LogP contribution in [0.3, 0.4) is 0 Å². The third-order valence-electron chi connectivity index (χ3n) is 2.39. The Morgan fingerprint density at radius 3 is 2.56 bits per heavy atom. The molecule has 0 bridgehead atoms. The van der Waals surface area contributed by atoms with Crippen LogP contribution in [0.25, 0.3) is 0 Å². The van der Waals surface area contributed by atoms with Gasteiger partial charge in [0.15, 0.2) is 12.4 Å². The van der Waals surface area contributed by atoms with Gasteiger partial charge in [-0.25, -0.2) is 0 Å². The van der Waals surface area contributed by atoms with Gasteiger partial charge in [-0.05, 0) is 24.3 Å². The summed E-state index contributed by atoms with van der Waals surface area (Å²) in [6.07, 6.45) is 0. The Kier molecular flexibility index (Phi) is 3.99. The van der Waals surface area contributed by atoms with Crippen LogP contribution in [0.15, 0.2) is 53.0 Å². The van der Waals surface area contributed by atoms with Gasteiger partial charge in [-0.15, -0.1) is 0 Å². The SMILES string of the molecule is Nc1cccc(OCC(=O)c2ccc(Br)cc2)c1. The molecular formula is C14H12BrNO2. The molecule has 4 heteroatoms. The summed E-state index contributed by atoms with van der Waals surface area (Å²) in [6.45, 7) is 0.00505. The third-order valence-corrected chi connectivity index (χ3v) is 2.92. The van der Waals surface area contributed by atoms with E-state index in [-0.39, 0.29) is 12.4 Å². The first-order chi connectivity index (χ1) is 8.65. The number of hydrogen-bond donors (Lipinski definition) is 1. The number of benzene rings is 2. The van der Waals surface area contributed by atoms with E-state index in [1.807, 2.05) is 12.1 Å². The van der Waals surface area contributed by atoms with Crippen LogP contribution < -0.4 is 10.5 Å². The van der Waals surface area contributed by atoms with Crippen molar-refractivity contribution in [3.63, 3.8) is 0 Å². The summed E-state index contributed by atoms with van der Waals surface area (Å²) in [7, 11) is 0. The molecule has 0 aliphatic carbocycles. The molecular weight excluding hydrogens is 294 g/mol. The van der Waals surface area contributed by atoms with Crippen LogP contribution in [0.4, 0.5) is 5.69 Å². The van der Waals surface area contributed by atoms with E-state index >= 15 is 0 Å². The normalized spacial score (nSPS) is 10.1. The molecule has 0 radical (unpaired) electrons. The van der Waals surface area contributed by atoms with E-state index in [4.69, 9.17) is 10.5 Å². The van der Waals surface area contributed by atoms with Gasteiger partial charge in [0.2, 0.25) is 0 Å². The van der Waals surface area contributed by atoms with Gasteiger partial charge >= 0.3 is 0 Å².